The molecule has 110 valence electrons. The molecule has 9 nitrogen and oxygen atoms in total. The highest BCUT2D eigenvalue weighted by Gasteiger charge is 2.18. The Balaban J connectivity index is 2.29. The molecule has 0 aliphatic carbocycles. The normalized spacial score (nSPS) is 10.4. The number of nitro groups is 1. The van der Waals surface area contributed by atoms with Gasteiger partial charge in [0.25, 0.3) is 11.5 Å². The number of nitrogens with zero attached hydrogens (tertiary/aromatic N) is 5. The van der Waals surface area contributed by atoms with Crippen LogP contribution in [0.5, 0.6) is 0 Å². The minimum absolute atomic E-state index is 0.0975. The molecule has 1 aromatic heterocycles. The van der Waals surface area contributed by atoms with Gasteiger partial charge in [0, 0.05) is 6.07 Å². The van der Waals surface area contributed by atoms with Gasteiger partial charge in [-0.25, -0.2) is 13.9 Å². The van der Waals surface area contributed by atoms with Gasteiger partial charge in [0.2, 0.25) is 0 Å². The number of hydrogen-bond acceptors (Lipinski definition) is 7. The molecule has 2 aromatic rings. The van der Waals surface area contributed by atoms with Crippen LogP contribution in [0.2, 0.25) is 0 Å². The molecule has 0 bridgehead atoms. The van der Waals surface area contributed by atoms with Gasteiger partial charge < -0.3 is 4.74 Å². The zero-order valence-corrected chi connectivity index (χ0v) is 10.9. The lowest BCUT2D eigenvalue weighted by atomic mass is 10.2. The number of nitro benzene ring substituents is 1. The number of non-ortho nitro benzene ring substituents is 1. The van der Waals surface area contributed by atoms with Crippen molar-refractivity contribution in [2.45, 2.75) is 13.5 Å². The number of benzene rings is 1. The SMILES string of the molecule is CCOC(=O)c1nnnn1Cc1cc(F)cc([N+](=O)[O-])c1. The second kappa shape index (κ2) is 6.03. The van der Waals surface area contributed by atoms with E-state index in [1.165, 1.54) is 6.07 Å². The molecule has 1 aromatic carbocycles. The highest BCUT2D eigenvalue weighted by molar-refractivity contribution is 5.85. The molecule has 0 amide bonds. The van der Waals surface area contributed by atoms with Gasteiger partial charge in [-0.2, -0.15) is 0 Å². The Labute approximate surface area is 117 Å². The van der Waals surface area contributed by atoms with Gasteiger partial charge in [-0.15, -0.1) is 5.10 Å². The van der Waals surface area contributed by atoms with Crippen LogP contribution in [-0.4, -0.2) is 37.7 Å². The summed E-state index contributed by atoms with van der Waals surface area (Å²) < 4.78 is 19.2. The monoisotopic (exact) mass is 295 g/mol. The second-order valence-electron chi connectivity index (χ2n) is 3.96. The lowest BCUT2D eigenvalue weighted by molar-refractivity contribution is -0.385. The number of carbonyl (C=O) groups is 1. The fourth-order valence-electron chi connectivity index (χ4n) is 1.66. The quantitative estimate of drug-likeness (QED) is 0.458. The van der Waals surface area contributed by atoms with E-state index >= 15 is 0 Å². The molecule has 0 saturated carbocycles. The molecule has 0 unspecified atom stereocenters. The highest BCUT2D eigenvalue weighted by atomic mass is 19.1. The van der Waals surface area contributed by atoms with Gasteiger partial charge in [0.05, 0.1) is 24.1 Å². The van der Waals surface area contributed by atoms with Gasteiger partial charge in [-0.1, -0.05) is 0 Å². The number of rotatable bonds is 5. The van der Waals surface area contributed by atoms with E-state index in [0.29, 0.717) is 0 Å². The van der Waals surface area contributed by atoms with Gasteiger partial charge in [-0.3, -0.25) is 10.1 Å². The Kier molecular flexibility index (Phi) is 4.16. The largest absolute Gasteiger partial charge is 0.460 e. The van der Waals surface area contributed by atoms with E-state index < -0.39 is 22.4 Å². The lowest BCUT2D eigenvalue weighted by Crippen LogP contribution is -2.15. The zero-order valence-electron chi connectivity index (χ0n) is 10.9. The van der Waals surface area contributed by atoms with E-state index in [0.717, 1.165) is 16.8 Å². The van der Waals surface area contributed by atoms with Crippen LogP contribution in [0.4, 0.5) is 10.1 Å². The molecule has 21 heavy (non-hydrogen) atoms. The third-order valence-corrected chi connectivity index (χ3v) is 2.48. The van der Waals surface area contributed by atoms with Crippen molar-refractivity contribution in [1.82, 2.24) is 20.2 Å². The van der Waals surface area contributed by atoms with E-state index in [4.69, 9.17) is 4.74 Å². The summed E-state index contributed by atoms with van der Waals surface area (Å²) in [5.41, 5.74) is -0.143. The number of esters is 1. The summed E-state index contributed by atoms with van der Waals surface area (Å²) in [4.78, 5) is 21.6. The molecule has 2 rings (SSSR count). The van der Waals surface area contributed by atoms with Crippen LogP contribution in [0.3, 0.4) is 0 Å². The average molecular weight is 295 g/mol. The van der Waals surface area contributed by atoms with Crippen molar-refractivity contribution in [3.8, 4) is 0 Å². The molecule has 0 aliphatic heterocycles. The van der Waals surface area contributed by atoms with Crippen LogP contribution in [0.1, 0.15) is 23.1 Å². The van der Waals surface area contributed by atoms with Crippen LogP contribution in [0, 0.1) is 15.9 Å². The van der Waals surface area contributed by atoms with Crippen LogP contribution < -0.4 is 0 Å². The van der Waals surface area contributed by atoms with Crippen molar-refractivity contribution >= 4 is 11.7 Å². The first-order valence-corrected chi connectivity index (χ1v) is 5.88. The Hall–Kier alpha value is -2.91. The molecule has 0 fully saturated rings. The molecule has 0 radical (unpaired) electrons. The zero-order chi connectivity index (χ0) is 15.4. The Morgan fingerprint density at radius 2 is 2.24 bits per heavy atom. The second-order valence-corrected chi connectivity index (χ2v) is 3.96. The van der Waals surface area contributed by atoms with E-state index in [2.05, 4.69) is 15.5 Å². The first-order chi connectivity index (χ1) is 10.0. The summed E-state index contributed by atoms with van der Waals surface area (Å²) in [6.07, 6.45) is 0. The van der Waals surface area contributed by atoms with Crippen molar-refractivity contribution < 1.29 is 18.8 Å². The molecule has 1 heterocycles. The summed E-state index contributed by atoms with van der Waals surface area (Å²) in [5, 5.41) is 21.1. The standard InChI is InChI=1S/C11H10FN5O4/c1-2-21-11(18)10-13-14-15-16(10)6-7-3-8(12)5-9(4-7)17(19)20/h3-5H,2,6H2,1H3. The maximum Gasteiger partial charge on any atom is 0.378 e. The predicted octanol–water partition coefficient (Wildman–Crippen LogP) is 0.945. The first-order valence-electron chi connectivity index (χ1n) is 5.88. The molecule has 0 atom stereocenters. The molecule has 0 N–H and O–H groups in total. The van der Waals surface area contributed by atoms with E-state index in [1.807, 2.05) is 0 Å². The smallest absolute Gasteiger partial charge is 0.378 e. The molecule has 0 saturated heterocycles. The van der Waals surface area contributed by atoms with Gasteiger partial charge >= 0.3 is 5.97 Å². The summed E-state index contributed by atoms with van der Waals surface area (Å²) >= 11 is 0. The van der Waals surface area contributed by atoms with Gasteiger partial charge in [0.15, 0.2) is 0 Å². The lowest BCUT2D eigenvalue weighted by Gasteiger charge is -2.04. The minimum Gasteiger partial charge on any atom is -0.460 e. The number of hydrogen-bond donors (Lipinski definition) is 0. The summed E-state index contributed by atoms with van der Waals surface area (Å²) in [7, 11) is 0. The number of halogens is 1. The Morgan fingerprint density at radius 1 is 1.48 bits per heavy atom. The van der Waals surface area contributed by atoms with E-state index in [-0.39, 0.29) is 24.5 Å². The average Bonchev–Trinajstić information content (AvgIpc) is 2.86. The third kappa shape index (κ3) is 3.35. The number of aromatic nitrogens is 4. The Bertz CT molecular complexity index is 687. The number of carbonyl (C=O) groups excluding carboxylic acids is 1. The van der Waals surface area contributed by atoms with Crippen molar-refractivity contribution in [2.75, 3.05) is 6.61 Å². The van der Waals surface area contributed by atoms with Gasteiger partial charge in [0.1, 0.15) is 5.82 Å². The fraction of sp³-hybridized carbons (Fsp3) is 0.273. The minimum atomic E-state index is -0.759. The van der Waals surface area contributed by atoms with Crippen LogP contribution >= 0.6 is 0 Å². The Morgan fingerprint density at radius 3 is 2.90 bits per heavy atom. The van der Waals surface area contributed by atoms with Crippen LogP contribution in [0.25, 0.3) is 0 Å². The summed E-state index contributed by atoms with van der Waals surface area (Å²) in [6, 6.07) is 3.08. The summed E-state index contributed by atoms with van der Waals surface area (Å²) in [5.74, 6) is -1.65. The third-order valence-electron chi connectivity index (χ3n) is 2.48. The maximum atomic E-state index is 13.3. The van der Waals surface area contributed by atoms with Crippen molar-refractivity contribution in [3.63, 3.8) is 0 Å². The predicted molar refractivity (Wildman–Crippen MR) is 65.9 cm³/mol. The molecule has 10 heteroatoms. The first kappa shape index (κ1) is 14.5. The topological polar surface area (TPSA) is 113 Å². The molecule has 0 spiro atoms. The molecular weight excluding hydrogens is 285 g/mol. The maximum absolute atomic E-state index is 13.3. The van der Waals surface area contributed by atoms with Crippen molar-refractivity contribution in [1.29, 1.82) is 0 Å². The van der Waals surface area contributed by atoms with Crippen molar-refractivity contribution in [3.05, 3.63) is 45.5 Å². The molecule has 0 aliphatic rings. The summed E-state index contributed by atoms with van der Waals surface area (Å²) in [6.45, 7) is 1.68. The van der Waals surface area contributed by atoms with Gasteiger partial charge in [-0.05, 0) is 29.0 Å². The van der Waals surface area contributed by atoms with Crippen molar-refractivity contribution in [2.24, 2.45) is 0 Å². The highest BCUT2D eigenvalue weighted by Crippen LogP contribution is 2.17. The molecular formula is C11H10FN5O4. The van der Waals surface area contributed by atoms with Crippen LogP contribution in [0.15, 0.2) is 18.2 Å². The fourth-order valence-corrected chi connectivity index (χ4v) is 1.66. The number of tetrazole rings is 1. The van der Waals surface area contributed by atoms with E-state index in [1.54, 1.807) is 6.92 Å². The van der Waals surface area contributed by atoms with Crippen LogP contribution in [-0.2, 0) is 11.3 Å². The number of ether oxygens (including phenoxy) is 1. The van der Waals surface area contributed by atoms with E-state index in [9.17, 15) is 19.3 Å².